The van der Waals surface area contributed by atoms with Crippen molar-refractivity contribution in [3.8, 4) is 28.7 Å². The third kappa shape index (κ3) is 5.73. The molecular formula is C30H33FN10O. The van der Waals surface area contributed by atoms with E-state index < -0.39 is 5.82 Å². The summed E-state index contributed by atoms with van der Waals surface area (Å²) in [6.07, 6.45) is 7.54. The van der Waals surface area contributed by atoms with Gasteiger partial charge in [0.2, 0.25) is 5.91 Å². The number of hydrogen-bond donors (Lipinski definition) is 1. The Balaban J connectivity index is 1.35. The number of halogens is 1. The number of likely N-dealkylation sites (tertiary alicyclic amines) is 1. The molecule has 11 nitrogen and oxygen atoms in total. The first-order chi connectivity index (χ1) is 20.5. The molecule has 2 aliphatic rings. The van der Waals surface area contributed by atoms with Gasteiger partial charge in [0.1, 0.15) is 17.9 Å². The molecule has 1 N–H and O–H groups in total. The Hall–Kier alpha value is -4.63. The van der Waals surface area contributed by atoms with Crippen molar-refractivity contribution in [2.45, 2.75) is 31.7 Å². The van der Waals surface area contributed by atoms with Crippen molar-refractivity contribution in [2.24, 2.45) is 0 Å². The van der Waals surface area contributed by atoms with E-state index in [0.29, 0.717) is 30.0 Å². The number of pyridine rings is 2. The van der Waals surface area contributed by atoms with E-state index >= 15 is 4.39 Å². The van der Waals surface area contributed by atoms with Gasteiger partial charge in [0, 0.05) is 56.7 Å². The Morgan fingerprint density at radius 1 is 1.10 bits per heavy atom. The minimum atomic E-state index is -0.582. The lowest BCUT2D eigenvalue weighted by atomic mass is 10.0. The van der Waals surface area contributed by atoms with Gasteiger partial charge in [0.25, 0.3) is 0 Å². The molecule has 0 bridgehead atoms. The average molecular weight is 569 g/mol. The summed E-state index contributed by atoms with van der Waals surface area (Å²) in [6.45, 7) is 4.76. The van der Waals surface area contributed by atoms with E-state index in [9.17, 15) is 4.79 Å². The molecule has 6 heterocycles. The van der Waals surface area contributed by atoms with Crippen LogP contribution in [-0.2, 0) is 4.79 Å². The van der Waals surface area contributed by atoms with Crippen molar-refractivity contribution in [3.05, 3.63) is 54.7 Å². The first kappa shape index (κ1) is 27.5. The fraction of sp³-hybridized carbons (Fsp3) is 0.400. The van der Waals surface area contributed by atoms with Crippen LogP contribution in [0.3, 0.4) is 0 Å². The zero-order chi connectivity index (χ0) is 29.1. The lowest BCUT2D eigenvalue weighted by molar-refractivity contribution is -0.131. The summed E-state index contributed by atoms with van der Waals surface area (Å²) in [6, 6.07) is 11.2. The zero-order valence-electron chi connectivity index (χ0n) is 23.6. The monoisotopic (exact) mass is 568 g/mol. The highest BCUT2D eigenvalue weighted by molar-refractivity contribution is 5.79. The van der Waals surface area contributed by atoms with Crippen molar-refractivity contribution in [1.82, 2.24) is 34.4 Å². The molecule has 12 heteroatoms. The molecule has 1 amide bonds. The maximum absolute atomic E-state index is 16.2. The summed E-state index contributed by atoms with van der Waals surface area (Å²) >= 11 is 0. The molecular weight excluding hydrogens is 535 g/mol. The fourth-order valence-corrected chi connectivity index (χ4v) is 5.64. The Morgan fingerprint density at radius 3 is 2.83 bits per heavy atom. The highest BCUT2D eigenvalue weighted by Gasteiger charge is 2.27. The lowest BCUT2D eigenvalue weighted by Crippen LogP contribution is -2.45. The average Bonchev–Trinajstić information content (AvgIpc) is 3.32. The van der Waals surface area contributed by atoms with Gasteiger partial charge >= 0.3 is 0 Å². The van der Waals surface area contributed by atoms with Crippen LogP contribution in [0.5, 0.6) is 0 Å². The predicted octanol–water partition coefficient (Wildman–Crippen LogP) is 3.45. The molecule has 0 spiro atoms. The SMILES string of the molecule is CN1CCCN(c2ccc(-c3nc(-c4cnn5ccccc45)nc(N[C@@H]4CCCN(C(=O)CC#N)C4)c3F)cn2)CC1. The van der Waals surface area contributed by atoms with Crippen LogP contribution in [-0.4, -0.2) is 92.6 Å². The number of nitriles is 1. The number of likely N-dealkylation sites (N-methyl/N-ethyl adjacent to an activating group) is 1. The molecule has 2 fully saturated rings. The largest absolute Gasteiger partial charge is 0.363 e. The topological polar surface area (TPSA) is 119 Å². The Morgan fingerprint density at radius 2 is 2.00 bits per heavy atom. The van der Waals surface area contributed by atoms with Gasteiger partial charge in [-0.3, -0.25) is 4.79 Å². The molecule has 2 saturated heterocycles. The molecule has 0 aromatic carbocycles. The van der Waals surface area contributed by atoms with Gasteiger partial charge in [-0.25, -0.2) is 23.9 Å². The van der Waals surface area contributed by atoms with E-state index in [0.717, 1.165) is 56.8 Å². The number of piperidine rings is 1. The van der Waals surface area contributed by atoms with E-state index in [2.05, 4.69) is 37.2 Å². The molecule has 2 aliphatic heterocycles. The number of amides is 1. The second-order valence-corrected chi connectivity index (χ2v) is 10.9. The molecule has 216 valence electrons. The first-order valence-electron chi connectivity index (χ1n) is 14.3. The van der Waals surface area contributed by atoms with E-state index in [1.54, 1.807) is 21.8 Å². The van der Waals surface area contributed by atoms with Crippen LogP contribution in [0.15, 0.2) is 48.9 Å². The molecule has 0 unspecified atom stereocenters. The van der Waals surface area contributed by atoms with Gasteiger partial charge in [-0.05, 0) is 57.1 Å². The van der Waals surface area contributed by atoms with E-state index in [1.165, 1.54) is 0 Å². The Labute approximate surface area is 243 Å². The van der Waals surface area contributed by atoms with Gasteiger partial charge in [0.15, 0.2) is 17.5 Å². The molecule has 4 aromatic heterocycles. The van der Waals surface area contributed by atoms with Crippen LogP contribution in [0.25, 0.3) is 28.2 Å². The predicted molar refractivity (Wildman–Crippen MR) is 157 cm³/mol. The van der Waals surface area contributed by atoms with Crippen molar-refractivity contribution < 1.29 is 9.18 Å². The first-order valence-corrected chi connectivity index (χ1v) is 14.3. The minimum Gasteiger partial charge on any atom is -0.363 e. The number of nitrogens with zero attached hydrogens (tertiary/aromatic N) is 9. The van der Waals surface area contributed by atoms with Crippen LogP contribution in [0.4, 0.5) is 16.0 Å². The second-order valence-electron chi connectivity index (χ2n) is 10.9. The van der Waals surface area contributed by atoms with Gasteiger partial charge in [-0.15, -0.1) is 0 Å². The van der Waals surface area contributed by atoms with Crippen LogP contribution in [0, 0.1) is 17.1 Å². The molecule has 0 aliphatic carbocycles. The van der Waals surface area contributed by atoms with Crippen LogP contribution in [0.1, 0.15) is 25.7 Å². The summed E-state index contributed by atoms with van der Waals surface area (Å²) in [5, 5.41) is 16.6. The van der Waals surface area contributed by atoms with Crippen molar-refractivity contribution in [3.63, 3.8) is 0 Å². The summed E-state index contributed by atoms with van der Waals surface area (Å²) in [7, 11) is 2.13. The number of nitrogens with one attached hydrogen (secondary N) is 1. The number of fused-ring (bicyclic) bond motifs is 1. The molecule has 1 atom stereocenters. The summed E-state index contributed by atoms with van der Waals surface area (Å²) < 4.78 is 17.9. The third-order valence-corrected chi connectivity index (χ3v) is 7.93. The molecule has 0 radical (unpaired) electrons. The fourth-order valence-electron chi connectivity index (χ4n) is 5.64. The number of carbonyl (C=O) groups is 1. The van der Waals surface area contributed by atoms with E-state index in [1.807, 2.05) is 42.6 Å². The summed E-state index contributed by atoms with van der Waals surface area (Å²) in [5.74, 6) is 0.449. The van der Waals surface area contributed by atoms with Gasteiger partial charge in [-0.2, -0.15) is 10.4 Å². The maximum atomic E-state index is 16.2. The Bertz CT molecular complexity index is 1610. The number of hydrogen-bond acceptors (Lipinski definition) is 9. The van der Waals surface area contributed by atoms with Crippen LogP contribution < -0.4 is 10.2 Å². The van der Waals surface area contributed by atoms with Crippen molar-refractivity contribution in [2.75, 3.05) is 56.5 Å². The normalized spacial score (nSPS) is 18.1. The highest BCUT2D eigenvalue weighted by Crippen LogP contribution is 2.31. The van der Waals surface area contributed by atoms with Gasteiger partial charge in [0.05, 0.1) is 23.3 Å². The summed E-state index contributed by atoms with van der Waals surface area (Å²) in [5.41, 5.74) is 2.15. The lowest BCUT2D eigenvalue weighted by Gasteiger charge is -2.33. The Kier molecular flexibility index (Phi) is 7.92. The number of rotatable bonds is 6. The van der Waals surface area contributed by atoms with Crippen LogP contribution >= 0.6 is 0 Å². The van der Waals surface area contributed by atoms with E-state index in [-0.39, 0.29) is 29.9 Å². The molecule has 4 aromatic rings. The van der Waals surface area contributed by atoms with Crippen molar-refractivity contribution >= 4 is 23.1 Å². The number of aromatic nitrogens is 5. The van der Waals surface area contributed by atoms with Crippen molar-refractivity contribution in [1.29, 1.82) is 5.26 Å². The number of anilines is 2. The number of carbonyl (C=O) groups excluding carboxylic acids is 1. The highest BCUT2D eigenvalue weighted by atomic mass is 19.1. The molecule has 42 heavy (non-hydrogen) atoms. The maximum Gasteiger partial charge on any atom is 0.236 e. The minimum absolute atomic E-state index is 0.0597. The molecule has 0 saturated carbocycles. The molecule has 6 rings (SSSR count). The van der Waals surface area contributed by atoms with Gasteiger partial charge < -0.3 is 20.0 Å². The standard InChI is InChI=1S/C30H33FN10O/c1-38-12-5-14-39(17-16-38)25-9-8-21(18-33-25)28-27(31)30(35-22-6-4-13-40(20-22)26(42)10-11-32)37-29(36-28)23-19-34-41-15-3-2-7-24(23)41/h2-3,7-9,15,18-19,22H,4-6,10,12-14,16-17,20H2,1H3,(H,35,36,37)/t22-/m1/s1. The quantitative estimate of drug-likeness (QED) is 0.373. The summed E-state index contributed by atoms with van der Waals surface area (Å²) in [4.78, 5) is 32.6. The van der Waals surface area contributed by atoms with Gasteiger partial charge in [-0.1, -0.05) is 6.07 Å². The van der Waals surface area contributed by atoms with Crippen LogP contribution in [0.2, 0.25) is 0 Å². The zero-order valence-corrected chi connectivity index (χ0v) is 23.6. The van der Waals surface area contributed by atoms with E-state index in [4.69, 9.17) is 10.2 Å². The third-order valence-electron chi connectivity index (χ3n) is 7.93. The second kappa shape index (κ2) is 12.1. The smallest absolute Gasteiger partial charge is 0.236 e.